The van der Waals surface area contributed by atoms with E-state index in [2.05, 4.69) is 5.18 Å². The van der Waals surface area contributed by atoms with E-state index in [1.165, 1.54) is 0 Å². The number of aliphatic carboxylic acids is 2. The summed E-state index contributed by atoms with van der Waals surface area (Å²) >= 11 is 0. The molecule has 0 radical (unpaired) electrons. The fraction of sp³-hybridized carbons (Fsp3) is 0.778. The van der Waals surface area contributed by atoms with Crippen LogP contribution in [0.4, 0.5) is 0 Å². The molecule has 0 aromatic carbocycles. The Morgan fingerprint density at radius 3 is 1.67 bits per heavy atom. The van der Waals surface area contributed by atoms with Gasteiger partial charge >= 0.3 is 11.9 Å². The van der Waals surface area contributed by atoms with Crippen molar-refractivity contribution in [3.63, 3.8) is 0 Å². The predicted octanol–water partition coefficient (Wildman–Crippen LogP) is 1.63. The van der Waals surface area contributed by atoms with E-state index in [9.17, 15) is 14.5 Å². The van der Waals surface area contributed by atoms with Crippen molar-refractivity contribution in [2.24, 2.45) is 5.18 Å². The van der Waals surface area contributed by atoms with Crippen LogP contribution in [0.5, 0.6) is 0 Å². The van der Waals surface area contributed by atoms with Gasteiger partial charge in [-0.05, 0) is 25.7 Å². The van der Waals surface area contributed by atoms with E-state index in [1.807, 2.05) is 0 Å². The summed E-state index contributed by atoms with van der Waals surface area (Å²) < 4.78 is 0. The quantitative estimate of drug-likeness (QED) is 0.571. The van der Waals surface area contributed by atoms with Gasteiger partial charge in [-0.25, -0.2) is 0 Å². The van der Waals surface area contributed by atoms with E-state index >= 15 is 0 Å². The Morgan fingerprint density at radius 1 is 1.00 bits per heavy atom. The number of nitroso groups, excluding NO2 is 1. The lowest BCUT2D eigenvalue weighted by atomic mass is 10.0. The fourth-order valence-electron chi connectivity index (χ4n) is 1.23. The van der Waals surface area contributed by atoms with Gasteiger partial charge in [0.05, 0.1) is 6.04 Å². The smallest absolute Gasteiger partial charge is 0.303 e. The molecule has 0 rings (SSSR count). The molecule has 15 heavy (non-hydrogen) atoms. The molecule has 0 heterocycles. The minimum Gasteiger partial charge on any atom is -0.481 e. The van der Waals surface area contributed by atoms with Crippen molar-refractivity contribution in [2.75, 3.05) is 0 Å². The number of hydrogen-bond donors (Lipinski definition) is 2. The van der Waals surface area contributed by atoms with Gasteiger partial charge in [0.25, 0.3) is 0 Å². The topological polar surface area (TPSA) is 104 Å². The second-order valence-electron chi connectivity index (χ2n) is 3.33. The van der Waals surface area contributed by atoms with Crippen LogP contribution in [0.2, 0.25) is 0 Å². The van der Waals surface area contributed by atoms with Gasteiger partial charge in [-0.15, -0.1) is 0 Å². The third-order valence-corrected chi connectivity index (χ3v) is 2.01. The largest absolute Gasteiger partial charge is 0.481 e. The average Bonchev–Trinajstić information content (AvgIpc) is 2.14. The molecule has 0 saturated carbocycles. The van der Waals surface area contributed by atoms with Crippen LogP contribution in [0.15, 0.2) is 5.18 Å². The van der Waals surface area contributed by atoms with Gasteiger partial charge in [0.1, 0.15) is 0 Å². The molecule has 0 aliphatic carbocycles. The van der Waals surface area contributed by atoms with Gasteiger partial charge in [0.2, 0.25) is 0 Å². The van der Waals surface area contributed by atoms with Crippen molar-refractivity contribution in [3.05, 3.63) is 4.91 Å². The molecule has 0 atom stereocenters. The van der Waals surface area contributed by atoms with Gasteiger partial charge in [0, 0.05) is 12.8 Å². The van der Waals surface area contributed by atoms with Crippen molar-refractivity contribution in [2.45, 2.75) is 44.6 Å². The summed E-state index contributed by atoms with van der Waals surface area (Å²) in [5, 5.41) is 19.6. The highest BCUT2D eigenvalue weighted by Crippen LogP contribution is 2.12. The monoisotopic (exact) mass is 217 g/mol. The standard InChI is InChI=1S/C9H15NO5/c11-8(12)5-1-3-7(10-15)4-2-6-9(13)14/h7H,1-6H2,(H,11,12)(H,13,14). The molecule has 0 bridgehead atoms. The molecular weight excluding hydrogens is 202 g/mol. The first kappa shape index (κ1) is 13.5. The first-order valence-corrected chi connectivity index (χ1v) is 4.82. The molecule has 6 nitrogen and oxygen atoms in total. The molecule has 6 heteroatoms. The maximum absolute atomic E-state index is 10.3. The number of nitrogens with zero attached hydrogens (tertiary/aromatic N) is 1. The van der Waals surface area contributed by atoms with Crippen LogP contribution in [-0.2, 0) is 9.59 Å². The van der Waals surface area contributed by atoms with Crippen LogP contribution in [0.25, 0.3) is 0 Å². The van der Waals surface area contributed by atoms with Gasteiger partial charge in [0.15, 0.2) is 0 Å². The Morgan fingerprint density at radius 2 is 1.40 bits per heavy atom. The molecule has 86 valence electrons. The minimum absolute atomic E-state index is 0.0188. The highest BCUT2D eigenvalue weighted by Gasteiger charge is 2.10. The number of hydrogen-bond acceptors (Lipinski definition) is 4. The van der Waals surface area contributed by atoms with Crippen LogP contribution in [0.3, 0.4) is 0 Å². The van der Waals surface area contributed by atoms with Crippen LogP contribution in [0, 0.1) is 4.91 Å². The third kappa shape index (κ3) is 8.86. The fourth-order valence-corrected chi connectivity index (χ4v) is 1.23. The summed E-state index contributed by atoms with van der Waals surface area (Å²) in [6, 6.07) is -0.455. The van der Waals surface area contributed by atoms with E-state index in [1.54, 1.807) is 0 Å². The van der Waals surface area contributed by atoms with E-state index < -0.39 is 18.0 Å². The number of rotatable bonds is 9. The molecule has 0 unspecified atom stereocenters. The number of carboxylic acid groups (broad SMARTS) is 2. The summed E-state index contributed by atoms with van der Waals surface area (Å²) in [7, 11) is 0. The van der Waals surface area contributed by atoms with Gasteiger partial charge in [-0.3, -0.25) is 9.59 Å². The summed E-state index contributed by atoms with van der Waals surface area (Å²) in [4.78, 5) is 30.7. The second-order valence-corrected chi connectivity index (χ2v) is 3.33. The minimum atomic E-state index is -0.898. The lowest BCUT2D eigenvalue weighted by Crippen LogP contribution is -2.06. The van der Waals surface area contributed by atoms with Crippen LogP contribution >= 0.6 is 0 Å². The molecule has 0 aromatic heterocycles. The summed E-state index contributed by atoms with van der Waals surface area (Å²) in [5.74, 6) is -1.80. The zero-order valence-electron chi connectivity index (χ0n) is 8.39. The number of carboxylic acids is 2. The maximum Gasteiger partial charge on any atom is 0.303 e. The van der Waals surface area contributed by atoms with E-state index in [0.29, 0.717) is 25.7 Å². The molecule has 0 spiro atoms. The zero-order chi connectivity index (χ0) is 11.7. The molecule has 0 aliphatic heterocycles. The lowest BCUT2D eigenvalue weighted by Gasteiger charge is -2.06. The molecule has 0 aromatic rings. The molecular formula is C9H15NO5. The van der Waals surface area contributed by atoms with Crippen molar-refractivity contribution in [1.82, 2.24) is 0 Å². The van der Waals surface area contributed by atoms with Crippen molar-refractivity contribution in [1.29, 1.82) is 0 Å². The Labute approximate surface area is 87.3 Å². The molecule has 0 amide bonds. The zero-order valence-corrected chi connectivity index (χ0v) is 8.39. The van der Waals surface area contributed by atoms with E-state index in [0.717, 1.165) is 0 Å². The number of carbonyl (C=O) groups is 2. The summed E-state index contributed by atoms with van der Waals surface area (Å²) in [5.41, 5.74) is 0. The Balaban J connectivity index is 3.59. The molecule has 0 saturated heterocycles. The Hall–Kier alpha value is -1.46. The molecule has 0 aliphatic rings. The predicted molar refractivity (Wildman–Crippen MR) is 52.6 cm³/mol. The summed E-state index contributed by atoms with van der Waals surface area (Å²) in [6.07, 6.45) is 1.67. The highest BCUT2D eigenvalue weighted by atomic mass is 16.4. The van der Waals surface area contributed by atoms with Crippen LogP contribution < -0.4 is 0 Å². The van der Waals surface area contributed by atoms with Crippen LogP contribution in [-0.4, -0.2) is 28.2 Å². The normalized spacial score (nSPS) is 10.2. The van der Waals surface area contributed by atoms with Gasteiger partial charge in [-0.1, -0.05) is 5.18 Å². The highest BCUT2D eigenvalue weighted by molar-refractivity contribution is 5.66. The maximum atomic E-state index is 10.3. The van der Waals surface area contributed by atoms with Crippen molar-refractivity contribution >= 4 is 11.9 Å². The van der Waals surface area contributed by atoms with Crippen LogP contribution in [0.1, 0.15) is 38.5 Å². The van der Waals surface area contributed by atoms with Gasteiger partial charge < -0.3 is 10.2 Å². The second kappa shape index (κ2) is 7.90. The van der Waals surface area contributed by atoms with Gasteiger partial charge in [-0.2, -0.15) is 4.91 Å². The first-order valence-electron chi connectivity index (χ1n) is 4.82. The SMILES string of the molecule is O=NC(CCCC(=O)O)CCCC(=O)O. The lowest BCUT2D eigenvalue weighted by molar-refractivity contribution is -0.138. The first-order chi connectivity index (χ1) is 7.06. The Bertz CT molecular complexity index is 209. The Kier molecular flexibility index (Phi) is 7.13. The van der Waals surface area contributed by atoms with Crippen molar-refractivity contribution in [3.8, 4) is 0 Å². The molecule has 2 N–H and O–H groups in total. The third-order valence-electron chi connectivity index (χ3n) is 2.01. The van der Waals surface area contributed by atoms with E-state index in [4.69, 9.17) is 10.2 Å². The average molecular weight is 217 g/mol. The van der Waals surface area contributed by atoms with E-state index in [-0.39, 0.29) is 12.8 Å². The molecule has 0 fully saturated rings. The van der Waals surface area contributed by atoms with Crippen molar-refractivity contribution < 1.29 is 19.8 Å². The summed E-state index contributed by atoms with van der Waals surface area (Å²) in [6.45, 7) is 0.